The molecule has 0 aromatic heterocycles. The average molecular weight is 303 g/mol. The van der Waals surface area contributed by atoms with E-state index in [0.717, 1.165) is 12.0 Å². The maximum atomic E-state index is 12.0. The van der Waals surface area contributed by atoms with Crippen molar-refractivity contribution >= 4 is 29.1 Å². The normalized spacial score (nSPS) is 12.3. The molecule has 1 aromatic carbocycles. The average Bonchev–Trinajstić information content (AvgIpc) is 2.38. The number of nitrogens with zero attached hydrogens (tertiary/aromatic N) is 1. The van der Waals surface area contributed by atoms with Crippen molar-refractivity contribution < 1.29 is 4.79 Å². The molecule has 19 heavy (non-hydrogen) atoms. The van der Waals surface area contributed by atoms with Gasteiger partial charge in [0.1, 0.15) is 0 Å². The van der Waals surface area contributed by atoms with Gasteiger partial charge in [0.05, 0.1) is 0 Å². The van der Waals surface area contributed by atoms with Gasteiger partial charge in [-0.15, -0.1) is 0 Å². The predicted molar refractivity (Wildman–Crippen MR) is 80.4 cm³/mol. The van der Waals surface area contributed by atoms with Crippen molar-refractivity contribution in [1.29, 1.82) is 0 Å². The van der Waals surface area contributed by atoms with Crippen molar-refractivity contribution in [3.05, 3.63) is 33.8 Å². The minimum absolute atomic E-state index is 0.103. The van der Waals surface area contributed by atoms with Gasteiger partial charge in [0, 0.05) is 30.1 Å². The molecule has 5 heteroatoms. The van der Waals surface area contributed by atoms with Crippen LogP contribution in [0.4, 0.5) is 0 Å². The van der Waals surface area contributed by atoms with E-state index in [1.807, 2.05) is 13.0 Å². The lowest BCUT2D eigenvalue weighted by atomic mass is 10.1. The SMILES string of the molecule is CC(CN)CCC(=O)N(C)Cc1ccc(Cl)cc1Cl. The summed E-state index contributed by atoms with van der Waals surface area (Å²) in [6.07, 6.45) is 1.33. The number of carbonyl (C=O) groups excluding carboxylic acids is 1. The van der Waals surface area contributed by atoms with Crippen LogP contribution in [0.1, 0.15) is 25.3 Å². The molecule has 0 spiro atoms. The summed E-state index contributed by atoms with van der Waals surface area (Å²) >= 11 is 11.9. The van der Waals surface area contributed by atoms with Crippen molar-refractivity contribution in [2.24, 2.45) is 11.7 Å². The molecular formula is C14H20Cl2N2O. The van der Waals surface area contributed by atoms with Crippen LogP contribution in [0.5, 0.6) is 0 Å². The second kappa shape index (κ2) is 7.73. The van der Waals surface area contributed by atoms with Crippen molar-refractivity contribution in [2.75, 3.05) is 13.6 Å². The Bertz CT molecular complexity index is 437. The van der Waals surface area contributed by atoms with Gasteiger partial charge in [-0.05, 0) is 36.6 Å². The standard InChI is InChI=1S/C14H20Cl2N2O/c1-10(8-17)3-6-14(19)18(2)9-11-4-5-12(15)7-13(11)16/h4-5,7,10H,3,6,8-9,17H2,1-2H3. The Balaban J connectivity index is 2.54. The fourth-order valence-electron chi connectivity index (χ4n) is 1.67. The van der Waals surface area contributed by atoms with Gasteiger partial charge in [0.2, 0.25) is 5.91 Å². The number of hydrogen-bond acceptors (Lipinski definition) is 2. The molecule has 0 heterocycles. The van der Waals surface area contributed by atoms with Crippen molar-refractivity contribution in [1.82, 2.24) is 4.90 Å². The summed E-state index contributed by atoms with van der Waals surface area (Å²) in [5, 5.41) is 1.18. The van der Waals surface area contributed by atoms with Crippen LogP contribution in [-0.4, -0.2) is 24.4 Å². The third-order valence-corrected chi connectivity index (χ3v) is 3.69. The van der Waals surface area contributed by atoms with Gasteiger partial charge >= 0.3 is 0 Å². The smallest absolute Gasteiger partial charge is 0.222 e. The highest BCUT2D eigenvalue weighted by Gasteiger charge is 2.12. The number of carbonyl (C=O) groups is 1. The molecule has 106 valence electrons. The molecule has 2 N–H and O–H groups in total. The zero-order chi connectivity index (χ0) is 14.4. The third-order valence-electron chi connectivity index (χ3n) is 3.10. The number of nitrogens with two attached hydrogens (primary N) is 1. The Labute approximate surface area is 124 Å². The Morgan fingerprint density at radius 2 is 2.11 bits per heavy atom. The van der Waals surface area contributed by atoms with Crippen LogP contribution in [0.25, 0.3) is 0 Å². The summed E-state index contributed by atoms with van der Waals surface area (Å²) in [7, 11) is 1.78. The lowest BCUT2D eigenvalue weighted by Crippen LogP contribution is -2.27. The lowest BCUT2D eigenvalue weighted by molar-refractivity contribution is -0.130. The van der Waals surface area contributed by atoms with Crippen LogP contribution < -0.4 is 5.73 Å². The minimum atomic E-state index is 0.103. The molecule has 1 amide bonds. The van der Waals surface area contributed by atoms with Gasteiger partial charge in [-0.25, -0.2) is 0 Å². The fourth-order valence-corrected chi connectivity index (χ4v) is 2.14. The molecule has 1 unspecified atom stereocenters. The molecule has 0 bridgehead atoms. The summed E-state index contributed by atoms with van der Waals surface area (Å²) in [6.45, 7) is 3.15. The van der Waals surface area contributed by atoms with Gasteiger partial charge in [0.25, 0.3) is 0 Å². The molecular weight excluding hydrogens is 283 g/mol. The molecule has 0 saturated heterocycles. The highest BCUT2D eigenvalue weighted by atomic mass is 35.5. The first-order chi connectivity index (χ1) is 8.93. The Morgan fingerprint density at radius 3 is 2.68 bits per heavy atom. The highest BCUT2D eigenvalue weighted by Crippen LogP contribution is 2.22. The van der Waals surface area contributed by atoms with E-state index < -0.39 is 0 Å². The molecule has 0 radical (unpaired) electrons. The van der Waals surface area contributed by atoms with Gasteiger partial charge < -0.3 is 10.6 Å². The number of amides is 1. The monoisotopic (exact) mass is 302 g/mol. The molecule has 0 aliphatic carbocycles. The van der Waals surface area contributed by atoms with Gasteiger partial charge in [-0.3, -0.25) is 4.79 Å². The second-order valence-electron chi connectivity index (χ2n) is 4.87. The van der Waals surface area contributed by atoms with Crippen molar-refractivity contribution in [3.63, 3.8) is 0 Å². The molecule has 1 aromatic rings. The summed E-state index contributed by atoms with van der Waals surface area (Å²) in [4.78, 5) is 13.6. The van der Waals surface area contributed by atoms with Gasteiger partial charge in [0.15, 0.2) is 0 Å². The zero-order valence-corrected chi connectivity index (χ0v) is 12.8. The number of rotatable bonds is 6. The summed E-state index contributed by atoms with van der Waals surface area (Å²) < 4.78 is 0. The van der Waals surface area contributed by atoms with Crippen LogP contribution in [0.15, 0.2) is 18.2 Å². The van der Waals surface area contributed by atoms with Crippen LogP contribution in [0.2, 0.25) is 10.0 Å². The first kappa shape index (κ1) is 16.3. The molecule has 0 aliphatic rings. The molecule has 1 rings (SSSR count). The molecule has 1 atom stereocenters. The maximum absolute atomic E-state index is 12.0. The Kier molecular flexibility index (Phi) is 6.63. The van der Waals surface area contributed by atoms with Crippen LogP contribution in [0, 0.1) is 5.92 Å². The lowest BCUT2D eigenvalue weighted by Gasteiger charge is -2.19. The van der Waals surface area contributed by atoms with Crippen LogP contribution in [-0.2, 0) is 11.3 Å². The van der Waals surface area contributed by atoms with E-state index in [-0.39, 0.29) is 5.91 Å². The Morgan fingerprint density at radius 1 is 1.42 bits per heavy atom. The molecule has 0 fully saturated rings. The van der Waals surface area contributed by atoms with E-state index in [9.17, 15) is 4.79 Å². The first-order valence-corrected chi connectivity index (χ1v) is 7.07. The first-order valence-electron chi connectivity index (χ1n) is 6.32. The number of benzene rings is 1. The Hall–Kier alpha value is -0.770. The summed E-state index contributed by atoms with van der Waals surface area (Å²) in [6, 6.07) is 5.31. The van der Waals surface area contributed by atoms with E-state index in [0.29, 0.717) is 35.5 Å². The number of hydrogen-bond donors (Lipinski definition) is 1. The topological polar surface area (TPSA) is 46.3 Å². The van der Waals surface area contributed by atoms with E-state index in [1.54, 1.807) is 24.1 Å². The van der Waals surface area contributed by atoms with Crippen LogP contribution >= 0.6 is 23.2 Å². The van der Waals surface area contributed by atoms with Gasteiger partial charge in [-0.2, -0.15) is 0 Å². The molecule has 0 aliphatic heterocycles. The van der Waals surface area contributed by atoms with E-state index in [4.69, 9.17) is 28.9 Å². The molecule has 0 saturated carbocycles. The number of halogens is 2. The summed E-state index contributed by atoms with van der Waals surface area (Å²) in [5.74, 6) is 0.475. The van der Waals surface area contributed by atoms with Crippen molar-refractivity contribution in [3.8, 4) is 0 Å². The molecule has 3 nitrogen and oxygen atoms in total. The fraction of sp³-hybridized carbons (Fsp3) is 0.500. The quantitative estimate of drug-likeness (QED) is 0.876. The van der Waals surface area contributed by atoms with Crippen LogP contribution in [0.3, 0.4) is 0 Å². The second-order valence-corrected chi connectivity index (χ2v) is 5.71. The third kappa shape index (κ3) is 5.39. The largest absolute Gasteiger partial charge is 0.341 e. The van der Waals surface area contributed by atoms with Crippen molar-refractivity contribution in [2.45, 2.75) is 26.3 Å². The maximum Gasteiger partial charge on any atom is 0.222 e. The van der Waals surface area contributed by atoms with E-state index >= 15 is 0 Å². The van der Waals surface area contributed by atoms with E-state index in [2.05, 4.69) is 0 Å². The highest BCUT2D eigenvalue weighted by molar-refractivity contribution is 6.35. The van der Waals surface area contributed by atoms with E-state index in [1.165, 1.54) is 0 Å². The minimum Gasteiger partial charge on any atom is -0.341 e. The summed E-state index contributed by atoms with van der Waals surface area (Å²) in [5.41, 5.74) is 6.43. The zero-order valence-electron chi connectivity index (χ0n) is 11.3. The van der Waals surface area contributed by atoms with Gasteiger partial charge in [-0.1, -0.05) is 36.2 Å². The predicted octanol–water partition coefficient (Wildman–Crippen LogP) is 3.33.